The molecule has 2 rings (SSSR count). The molecule has 3 atom stereocenters. The highest BCUT2D eigenvalue weighted by atomic mass is 32.2. The monoisotopic (exact) mass is 227 g/mol. The molecule has 1 heterocycles. The fourth-order valence-electron chi connectivity index (χ4n) is 1.84. The number of nitrogens with one attached hydrogen (secondary N) is 1. The normalized spacial score (nSPS) is 27.8. The Hall–Kier alpha value is -0.740. The summed E-state index contributed by atoms with van der Waals surface area (Å²) in [4.78, 5) is 0.773. The number of benzene rings is 1. The van der Waals surface area contributed by atoms with E-state index < -0.39 is 17.5 Å². The predicted octanol–water partition coefficient (Wildman–Crippen LogP) is 1.70. The van der Waals surface area contributed by atoms with Crippen LogP contribution in [0.2, 0.25) is 0 Å². The van der Waals surface area contributed by atoms with Gasteiger partial charge >= 0.3 is 0 Å². The van der Waals surface area contributed by atoms with Crippen LogP contribution in [0.15, 0.2) is 35.2 Å². The van der Waals surface area contributed by atoms with Crippen molar-refractivity contribution in [2.45, 2.75) is 16.7 Å². The fourth-order valence-corrected chi connectivity index (χ4v) is 3.39. The largest absolute Gasteiger partial charge is 0.303 e. The van der Waals surface area contributed by atoms with Crippen molar-refractivity contribution in [1.82, 2.24) is 5.32 Å². The molecule has 0 bridgehead atoms. The third-order valence-electron chi connectivity index (χ3n) is 2.69. The van der Waals surface area contributed by atoms with Gasteiger partial charge in [0.05, 0.1) is 22.8 Å². The molecule has 1 aromatic carbocycles. The van der Waals surface area contributed by atoms with Crippen LogP contribution in [0.3, 0.4) is 0 Å². The van der Waals surface area contributed by atoms with E-state index in [1.54, 1.807) is 0 Å². The topological polar surface area (TPSA) is 29.1 Å². The maximum absolute atomic E-state index is 12.6. The quantitative estimate of drug-likeness (QED) is 0.851. The summed E-state index contributed by atoms with van der Waals surface area (Å²) in [5.74, 6) is -0.106. The second-order valence-corrected chi connectivity index (χ2v) is 5.26. The van der Waals surface area contributed by atoms with Crippen molar-refractivity contribution in [2.75, 3.05) is 13.2 Å². The second-order valence-electron chi connectivity index (χ2n) is 3.69. The first-order valence-corrected chi connectivity index (χ1v) is 6.29. The summed E-state index contributed by atoms with van der Waals surface area (Å²) in [6.45, 7) is 0.369. The molecule has 0 radical (unpaired) electrons. The number of hydrogen-bond acceptors (Lipinski definition) is 2. The van der Waals surface area contributed by atoms with E-state index >= 15 is 0 Å². The minimum Gasteiger partial charge on any atom is -0.303 e. The van der Waals surface area contributed by atoms with E-state index in [4.69, 9.17) is 0 Å². The van der Waals surface area contributed by atoms with Crippen LogP contribution >= 0.6 is 0 Å². The zero-order valence-corrected chi connectivity index (χ0v) is 9.17. The van der Waals surface area contributed by atoms with E-state index in [2.05, 4.69) is 5.32 Å². The molecule has 15 heavy (non-hydrogen) atoms. The summed E-state index contributed by atoms with van der Waals surface area (Å²) in [5.41, 5.74) is 0. The third-order valence-corrected chi connectivity index (χ3v) is 4.44. The standard InChI is InChI=1S/C11H14FNOS/c12-8-9-6-7-13-11(9)15(14)10-4-2-1-3-5-10/h1-5,9,11,13H,6-8H2. The van der Waals surface area contributed by atoms with E-state index in [-0.39, 0.29) is 11.3 Å². The first-order valence-electron chi connectivity index (χ1n) is 5.08. The van der Waals surface area contributed by atoms with Crippen LogP contribution < -0.4 is 5.32 Å². The zero-order valence-electron chi connectivity index (χ0n) is 8.36. The minimum absolute atomic E-state index is 0.106. The Morgan fingerprint density at radius 1 is 1.40 bits per heavy atom. The molecule has 0 amide bonds. The van der Waals surface area contributed by atoms with E-state index in [0.717, 1.165) is 17.9 Å². The Labute approximate surface area is 91.3 Å². The smallest absolute Gasteiger partial charge is 0.0947 e. The van der Waals surface area contributed by atoms with Crippen LogP contribution in [0.5, 0.6) is 0 Å². The van der Waals surface area contributed by atoms with E-state index in [9.17, 15) is 8.60 Å². The highest BCUT2D eigenvalue weighted by Crippen LogP contribution is 2.22. The van der Waals surface area contributed by atoms with Crippen LogP contribution in [0.1, 0.15) is 6.42 Å². The molecule has 4 heteroatoms. The molecule has 0 saturated carbocycles. The first-order chi connectivity index (χ1) is 7.33. The van der Waals surface area contributed by atoms with Gasteiger partial charge in [-0.3, -0.25) is 8.60 Å². The van der Waals surface area contributed by atoms with Gasteiger partial charge in [-0.05, 0) is 25.1 Å². The number of halogens is 1. The average molecular weight is 227 g/mol. The number of rotatable bonds is 3. The lowest BCUT2D eigenvalue weighted by molar-refractivity contribution is 0.368. The van der Waals surface area contributed by atoms with Gasteiger partial charge in [0, 0.05) is 10.8 Å². The van der Waals surface area contributed by atoms with Gasteiger partial charge in [0.15, 0.2) is 0 Å². The van der Waals surface area contributed by atoms with E-state index in [1.165, 1.54) is 0 Å². The number of alkyl halides is 1. The Balaban J connectivity index is 2.14. The summed E-state index contributed by atoms with van der Waals surface area (Å²) in [6, 6.07) is 9.24. The van der Waals surface area contributed by atoms with Crippen molar-refractivity contribution >= 4 is 10.8 Å². The SMILES string of the molecule is O=S(c1ccccc1)C1NCCC1CF. The van der Waals surface area contributed by atoms with Crippen LogP contribution in [0, 0.1) is 5.92 Å². The minimum atomic E-state index is -1.14. The van der Waals surface area contributed by atoms with Crippen molar-refractivity contribution < 1.29 is 8.60 Å². The molecule has 3 unspecified atom stereocenters. The van der Waals surface area contributed by atoms with E-state index in [1.807, 2.05) is 30.3 Å². The lowest BCUT2D eigenvalue weighted by Crippen LogP contribution is -2.32. The van der Waals surface area contributed by atoms with Crippen molar-refractivity contribution in [1.29, 1.82) is 0 Å². The summed E-state index contributed by atoms with van der Waals surface area (Å²) in [5, 5.41) is 2.89. The molecule has 1 aliphatic heterocycles. The molecule has 82 valence electrons. The van der Waals surface area contributed by atoms with Gasteiger partial charge in [-0.25, -0.2) is 0 Å². The molecule has 1 saturated heterocycles. The fraction of sp³-hybridized carbons (Fsp3) is 0.455. The average Bonchev–Trinajstić information content (AvgIpc) is 2.77. The molecule has 0 aromatic heterocycles. The van der Waals surface area contributed by atoms with Crippen molar-refractivity contribution in [3.05, 3.63) is 30.3 Å². The Morgan fingerprint density at radius 2 is 2.13 bits per heavy atom. The van der Waals surface area contributed by atoms with Crippen LogP contribution in [0.4, 0.5) is 4.39 Å². The maximum Gasteiger partial charge on any atom is 0.0947 e. The lowest BCUT2D eigenvalue weighted by atomic mass is 10.1. The molecular weight excluding hydrogens is 213 g/mol. The third kappa shape index (κ3) is 2.26. The molecule has 1 aromatic rings. The highest BCUT2D eigenvalue weighted by Gasteiger charge is 2.32. The van der Waals surface area contributed by atoms with Crippen LogP contribution in [-0.4, -0.2) is 22.8 Å². The molecule has 1 fully saturated rings. The highest BCUT2D eigenvalue weighted by molar-refractivity contribution is 7.85. The van der Waals surface area contributed by atoms with Gasteiger partial charge in [0.1, 0.15) is 0 Å². The summed E-state index contributed by atoms with van der Waals surface area (Å²) in [6.07, 6.45) is 0.778. The van der Waals surface area contributed by atoms with Crippen molar-refractivity contribution in [3.8, 4) is 0 Å². The second kappa shape index (κ2) is 4.86. The predicted molar refractivity (Wildman–Crippen MR) is 58.7 cm³/mol. The summed E-state index contributed by atoms with van der Waals surface area (Å²) >= 11 is 0. The molecule has 2 nitrogen and oxygen atoms in total. The van der Waals surface area contributed by atoms with Gasteiger partial charge in [0.2, 0.25) is 0 Å². The Bertz CT molecular complexity index is 344. The Kier molecular flexibility index (Phi) is 3.49. The molecule has 1 aliphatic rings. The lowest BCUT2D eigenvalue weighted by Gasteiger charge is -2.15. The van der Waals surface area contributed by atoms with E-state index in [0.29, 0.717) is 0 Å². The van der Waals surface area contributed by atoms with Crippen LogP contribution in [-0.2, 0) is 10.8 Å². The molecular formula is C11H14FNOS. The first kappa shape index (κ1) is 10.8. The van der Waals surface area contributed by atoms with Gasteiger partial charge in [-0.15, -0.1) is 0 Å². The van der Waals surface area contributed by atoms with Gasteiger partial charge in [0.25, 0.3) is 0 Å². The molecule has 1 N–H and O–H groups in total. The maximum atomic E-state index is 12.6. The Morgan fingerprint density at radius 3 is 2.80 bits per heavy atom. The summed E-state index contributed by atoms with van der Waals surface area (Å²) in [7, 11) is -1.14. The van der Waals surface area contributed by atoms with Gasteiger partial charge < -0.3 is 5.32 Å². The molecule has 0 aliphatic carbocycles. The molecule has 0 spiro atoms. The van der Waals surface area contributed by atoms with Crippen LogP contribution in [0.25, 0.3) is 0 Å². The van der Waals surface area contributed by atoms with Gasteiger partial charge in [-0.2, -0.15) is 0 Å². The number of hydrogen-bond donors (Lipinski definition) is 1. The van der Waals surface area contributed by atoms with Gasteiger partial charge in [-0.1, -0.05) is 18.2 Å². The van der Waals surface area contributed by atoms with Crippen molar-refractivity contribution in [2.24, 2.45) is 5.92 Å². The zero-order chi connectivity index (χ0) is 10.7. The van der Waals surface area contributed by atoms with Crippen molar-refractivity contribution in [3.63, 3.8) is 0 Å². The summed E-state index contributed by atoms with van der Waals surface area (Å²) < 4.78 is 24.7.